The Balaban J connectivity index is 0.00000256. The zero-order valence-corrected chi connectivity index (χ0v) is 10.3. The van der Waals surface area contributed by atoms with Gasteiger partial charge in [0.15, 0.2) is 5.75 Å². The fraction of sp³-hybridized carbons (Fsp3) is 0.400. The molecule has 96 valence electrons. The van der Waals surface area contributed by atoms with Crippen molar-refractivity contribution >= 4 is 18.1 Å². The number of nitrogens with two attached hydrogens (primary N) is 1. The van der Waals surface area contributed by atoms with E-state index in [1.54, 1.807) is 6.07 Å². The summed E-state index contributed by atoms with van der Waals surface area (Å²) in [5, 5.41) is 20.1. The van der Waals surface area contributed by atoms with Gasteiger partial charge < -0.3 is 15.6 Å². The number of halogens is 1. The number of nitro groups is 1. The van der Waals surface area contributed by atoms with Crippen LogP contribution in [0.1, 0.15) is 18.5 Å². The average Bonchev–Trinajstić information content (AvgIpc) is 2.26. The highest BCUT2D eigenvalue weighted by molar-refractivity contribution is 5.85. The highest BCUT2D eigenvalue weighted by Gasteiger charge is 2.19. The molecular formula is C10H15ClN2O4. The fourth-order valence-corrected chi connectivity index (χ4v) is 1.34. The Morgan fingerprint density at radius 3 is 2.53 bits per heavy atom. The van der Waals surface area contributed by atoms with Gasteiger partial charge in [0.05, 0.1) is 24.2 Å². The van der Waals surface area contributed by atoms with E-state index in [4.69, 9.17) is 10.5 Å². The molecule has 1 aromatic carbocycles. The molecule has 0 aliphatic carbocycles. The van der Waals surface area contributed by atoms with Gasteiger partial charge >= 0.3 is 5.69 Å². The van der Waals surface area contributed by atoms with Gasteiger partial charge in [-0.15, -0.1) is 12.4 Å². The highest BCUT2D eigenvalue weighted by Crippen LogP contribution is 2.29. The fourth-order valence-electron chi connectivity index (χ4n) is 1.34. The molecule has 7 heteroatoms. The zero-order chi connectivity index (χ0) is 12.3. The summed E-state index contributed by atoms with van der Waals surface area (Å²) in [5.41, 5.74) is 6.03. The first kappa shape index (κ1) is 15.6. The minimum atomic E-state index is -0.770. The van der Waals surface area contributed by atoms with E-state index >= 15 is 0 Å². The predicted molar refractivity (Wildman–Crippen MR) is 65.5 cm³/mol. The lowest BCUT2D eigenvalue weighted by molar-refractivity contribution is -0.385. The predicted octanol–water partition coefficient (Wildman–Crippen LogP) is 1.41. The van der Waals surface area contributed by atoms with Gasteiger partial charge in [-0.1, -0.05) is 6.07 Å². The molecule has 0 unspecified atom stereocenters. The number of aliphatic hydroxyl groups is 1. The first-order valence-corrected chi connectivity index (χ1v) is 4.73. The van der Waals surface area contributed by atoms with Gasteiger partial charge in [-0.05, 0) is 18.6 Å². The monoisotopic (exact) mass is 262 g/mol. The van der Waals surface area contributed by atoms with Crippen LogP contribution in [0.5, 0.6) is 5.75 Å². The molecule has 0 aromatic heterocycles. The second kappa shape index (κ2) is 6.39. The van der Waals surface area contributed by atoms with Crippen LogP contribution in [-0.4, -0.2) is 23.2 Å². The van der Waals surface area contributed by atoms with E-state index in [9.17, 15) is 15.2 Å². The van der Waals surface area contributed by atoms with Crippen LogP contribution in [0, 0.1) is 10.1 Å². The number of methoxy groups -OCH3 is 1. The highest BCUT2D eigenvalue weighted by atomic mass is 35.5. The van der Waals surface area contributed by atoms with E-state index in [0.717, 1.165) is 0 Å². The number of nitrogens with zero attached hydrogens (tertiary/aromatic N) is 1. The van der Waals surface area contributed by atoms with Crippen LogP contribution in [0.3, 0.4) is 0 Å². The average molecular weight is 263 g/mol. The van der Waals surface area contributed by atoms with Gasteiger partial charge in [-0.3, -0.25) is 10.1 Å². The van der Waals surface area contributed by atoms with Crippen molar-refractivity contribution in [3.63, 3.8) is 0 Å². The van der Waals surface area contributed by atoms with Crippen molar-refractivity contribution in [3.8, 4) is 5.75 Å². The van der Waals surface area contributed by atoms with Crippen molar-refractivity contribution in [2.24, 2.45) is 5.73 Å². The molecule has 0 radical (unpaired) electrons. The van der Waals surface area contributed by atoms with Crippen molar-refractivity contribution in [2.45, 2.75) is 19.1 Å². The van der Waals surface area contributed by atoms with Crippen molar-refractivity contribution in [1.29, 1.82) is 0 Å². The van der Waals surface area contributed by atoms with Crippen LogP contribution in [0.4, 0.5) is 5.69 Å². The van der Waals surface area contributed by atoms with Gasteiger partial charge in [0.2, 0.25) is 0 Å². The summed E-state index contributed by atoms with van der Waals surface area (Å²) in [7, 11) is 1.36. The van der Waals surface area contributed by atoms with Gasteiger partial charge in [0, 0.05) is 6.07 Å². The molecule has 0 amide bonds. The third kappa shape index (κ3) is 3.55. The summed E-state index contributed by atoms with van der Waals surface area (Å²) in [6.45, 7) is 1.53. The van der Waals surface area contributed by atoms with Gasteiger partial charge in [0.25, 0.3) is 0 Å². The number of nitro benzene ring substituents is 1. The van der Waals surface area contributed by atoms with E-state index in [2.05, 4.69) is 0 Å². The summed E-state index contributed by atoms with van der Waals surface area (Å²) in [4.78, 5) is 10.2. The molecule has 1 rings (SSSR count). The van der Waals surface area contributed by atoms with Gasteiger partial charge in [0.1, 0.15) is 0 Å². The number of hydrogen-bond donors (Lipinski definition) is 2. The molecule has 3 N–H and O–H groups in total. The smallest absolute Gasteiger partial charge is 0.311 e. The Morgan fingerprint density at radius 2 is 2.12 bits per heavy atom. The zero-order valence-electron chi connectivity index (χ0n) is 9.49. The van der Waals surface area contributed by atoms with Gasteiger partial charge in [-0.25, -0.2) is 0 Å². The normalized spacial score (nSPS) is 13.4. The second-order valence-corrected chi connectivity index (χ2v) is 3.45. The van der Waals surface area contributed by atoms with E-state index in [1.165, 1.54) is 26.2 Å². The van der Waals surface area contributed by atoms with Gasteiger partial charge in [-0.2, -0.15) is 0 Å². The van der Waals surface area contributed by atoms with Crippen molar-refractivity contribution in [2.75, 3.05) is 7.11 Å². The summed E-state index contributed by atoms with van der Waals surface area (Å²) >= 11 is 0. The molecule has 1 aromatic rings. The lowest BCUT2D eigenvalue weighted by atomic mass is 10.0. The quantitative estimate of drug-likeness (QED) is 0.631. The summed E-state index contributed by atoms with van der Waals surface area (Å²) in [5.74, 6) is 0.173. The molecule has 0 aliphatic heterocycles. The van der Waals surface area contributed by atoms with Crippen LogP contribution in [-0.2, 0) is 0 Å². The van der Waals surface area contributed by atoms with Crippen molar-refractivity contribution < 1.29 is 14.8 Å². The molecule has 0 spiro atoms. The maximum Gasteiger partial charge on any atom is 0.311 e. The van der Waals surface area contributed by atoms with E-state index < -0.39 is 17.1 Å². The largest absolute Gasteiger partial charge is 0.490 e. The number of ether oxygens (including phenoxy) is 1. The molecule has 0 bridgehead atoms. The lowest BCUT2D eigenvalue weighted by Gasteiger charge is -2.15. The molecular weight excluding hydrogens is 248 g/mol. The maximum absolute atomic E-state index is 10.7. The molecule has 6 nitrogen and oxygen atoms in total. The SMILES string of the molecule is COc1ccc([C@@H](N)[C@H](C)O)cc1[N+](=O)[O-].Cl. The van der Waals surface area contributed by atoms with Crippen LogP contribution >= 0.6 is 12.4 Å². The standard InChI is InChI=1S/C10H14N2O4.ClH/c1-6(13)10(11)7-3-4-9(16-2)8(5-7)12(14)15;/h3-6,10,13H,11H2,1-2H3;1H/t6-,10-;/m0./s1. The number of aliphatic hydroxyl groups excluding tert-OH is 1. The molecule has 0 heterocycles. The molecule has 17 heavy (non-hydrogen) atoms. The van der Waals surface area contributed by atoms with Crippen molar-refractivity contribution in [3.05, 3.63) is 33.9 Å². The minimum absolute atomic E-state index is 0. The summed E-state index contributed by atoms with van der Waals surface area (Å²) in [6, 6.07) is 3.74. The van der Waals surface area contributed by atoms with Crippen LogP contribution in [0.2, 0.25) is 0 Å². The molecule has 0 saturated heterocycles. The second-order valence-electron chi connectivity index (χ2n) is 3.45. The first-order chi connectivity index (χ1) is 7.47. The Bertz CT molecular complexity index is 398. The van der Waals surface area contributed by atoms with E-state index in [0.29, 0.717) is 5.56 Å². The Kier molecular flexibility index (Phi) is 5.87. The summed E-state index contributed by atoms with van der Waals surface area (Å²) in [6.07, 6.45) is -0.770. The van der Waals surface area contributed by atoms with Crippen LogP contribution in [0.25, 0.3) is 0 Å². The molecule has 0 fully saturated rings. The summed E-state index contributed by atoms with van der Waals surface area (Å²) < 4.78 is 4.86. The number of hydrogen-bond acceptors (Lipinski definition) is 5. The lowest BCUT2D eigenvalue weighted by Crippen LogP contribution is -2.23. The molecule has 2 atom stereocenters. The Morgan fingerprint density at radius 1 is 1.53 bits per heavy atom. The maximum atomic E-state index is 10.7. The first-order valence-electron chi connectivity index (χ1n) is 4.73. The molecule has 0 saturated carbocycles. The van der Waals surface area contributed by atoms with Crippen LogP contribution < -0.4 is 10.5 Å². The van der Waals surface area contributed by atoms with E-state index in [1.807, 2.05) is 0 Å². The topological polar surface area (TPSA) is 98.6 Å². The number of rotatable bonds is 4. The minimum Gasteiger partial charge on any atom is -0.490 e. The Labute approximate surface area is 105 Å². The third-order valence-electron chi connectivity index (χ3n) is 2.30. The van der Waals surface area contributed by atoms with E-state index in [-0.39, 0.29) is 23.8 Å². The molecule has 0 aliphatic rings. The Hall–Kier alpha value is -1.37. The van der Waals surface area contributed by atoms with Crippen LogP contribution in [0.15, 0.2) is 18.2 Å². The third-order valence-corrected chi connectivity index (χ3v) is 2.30. The van der Waals surface area contributed by atoms with Crippen molar-refractivity contribution in [1.82, 2.24) is 0 Å². The number of benzene rings is 1.